The number of ether oxygens (including phenoxy) is 1. The minimum absolute atomic E-state index is 0.781. The van der Waals surface area contributed by atoms with Crippen molar-refractivity contribution in [1.29, 1.82) is 0 Å². The van der Waals surface area contributed by atoms with Gasteiger partial charge < -0.3 is 15.4 Å². The standard InChI is InChI=1S/C12H22N2O/c1-2-15-8-9(1)5-14-12-3-10-6-13-7-11(10)4-12/h9-14H,1-8H2/t9-,10-,11+,12?/m1/s1. The van der Waals surface area contributed by atoms with Crippen LogP contribution in [0.1, 0.15) is 19.3 Å². The summed E-state index contributed by atoms with van der Waals surface area (Å²) in [4.78, 5) is 0. The molecule has 2 heterocycles. The van der Waals surface area contributed by atoms with Crippen LogP contribution in [0.15, 0.2) is 0 Å². The van der Waals surface area contributed by atoms with Crippen molar-refractivity contribution in [3.8, 4) is 0 Å². The highest BCUT2D eigenvalue weighted by Gasteiger charge is 2.37. The topological polar surface area (TPSA) is 33.3 Å². The first-order valence-electron chi connectivity index (χ1n) is 6.43. The predicted octanol–water partition coefficient (Wildman–Crippen LogP) is 0.610. The maximum Gasteiger partial charge on any atom is 0.0507 e. The first-order valence-corrected chi connectivity index (χ1v) is 6.43. The minimum atomic E-state index is 0.781. The molecule has 3 aliphatic rings. The average molecular weight is 210 g/mol. The van der Waals surface area contributed by atoms with Crippen LogP contribution in [0.3, 0.4) is 0 Å². The third-order valence-electron chi connectivity index (χ3n) is 4.37. The van der Waals surface area contributed by atoms with Crippen LogP contribution < -0.4 is 10.6 Å². The molecule has 0 radical (unpaired) electrons. The van der Waals surface area contributed by atoms with Crippen LogP contribution in [-0.4, -0.2) is 38.9 Å². The fourth-order valence-electron chi connectivity index (χ4n) is 3.41. The lowest BCUT2D eigenvalue weighted by atomic mass is 10.0. The second-order valence-corrected chi connectivity index (χ2v) is 5.48. The molecule has 86 valence electrons. The van der Waals surface area contributed by atoms with E-state index in [0.717, 1.165) is 37.0 Å². The molecular weight excluding hydrogens is 188 g/mol. The molecular formula is C12H22N2O. The van der Waals surface area contributed by atoms with Crippen molar-refractivity contribution in [2.75, 3.05) is 32.8 Å². The van der Waals surface area contributed by atoms with Crippen LogP contribution >= 0.6 is 0 Å². The maximum absolute atomic E-state index is 5.40. The Morgan fingerprint density at radius 1 is 1.20 bits per heavy atom. The van der Waals surface area contributed by atoms with Crippen molar-refractivity contribution in [3.05, 3.63) is 0 Å². The van der Waals surface area contributed by atoms with Gasteiger partial charge in [-0.15, -0.1) is 0 Å². The van der Waals surface area contributed by atoms with E-state index in [1.165, 1.54) is 38.9 Å². The van der Waals surface area contributed by atoms with Gasteiger partial charge in [0.2, 0.25) is 0 Å². The highest BCUT2D eigenvalue weighted by Crippen LogP contribution is 2.34. The van der Waals surface area contributed by atoms with E-state index in [0.29, 0.717) is 0 Å². The largest absolute Gasteiger partial charge is 0.381 e. The van der Waals surface area contributed by atoms with Gasteiger partial charge in [-0.1, -0.05) is 0 Å². The normalized spacial score (nSPS) is 44.8. The van der Waals surface area contributed by atoms with Crippen molar-refractivity contribution in [1.82, 2.24) is 10.6 Å². The van der Waals surface area contributed by atoms with Crippen molar-refractivity contribution in [2.45, 2.75) is 25.3 Å². The molecule has 3 nitrogen and oxygen atoms in total. The van der Waals surface area contributed by atoms with E-state index in [-0.39, 0.29) is 0 Å². The van der Waals surface area contributed by atoms with Gasteiger partial charge >= 0.3 is 0 Å². The minimum Gasteiger partial charge on any atom is -0.381 e. The van der Waals surface area contributed by atoms with E-state index < -0.39 is 0 Å². The van der Waals surface area contributed by atoms with Gasteiger partial charge in [0.15, 0.2) is 0 Å². The zero-order valence-corrected chi connectivity index (χ0v) is 9.37. The molecule has 15 heavy (non-hydrogen) atoms. The lowest BCUT2D eigenvalue weighted by Crippen LogP contribution is -2.33. The lowest BCUT2D eigenvalue weighted by molar-refractivity contribution is 0.184. The number of hydrogen-bond acceptors (Lipinski definition) is 3. The third-order valence-corrected chi connectivity index (χ3v) is 4.37. The second-order valence-electron chi connectivity index (χ2n) is 5.48. The zero-order chi connectivity index (χ0) is 10.1. The van der Waals surface area contributed by atoms with E-state index in [9.17, 15) is 0 Å². The third kappa shape index (κ3) is 2.19. The van der Waals surface area contributed by atoms with Gasteiger partial charge in [0, 0.05) is 19.2 Å². The van der Waals surface area contributed by atoms with E-state index in [1.807, 2.05) is 0 Å². The molecule has 2 saturated heterocycles. The molecule has 0 spiro atoms. The average Bonchev–Trinajstić information content (AvgIpc) is 2.91. The Bertz CT molecular complexity index is 204. The first-order chi connectivity index (χ1) is 7.42. The SMILES string of the molecule is C1C[C@H](CNC2C[C@H]3CNC[C@H]3C2)CO1. The smallest absolute Gasteiger partial charge is 0.0507 e. The molecule has 1 aliphatic carbocycles. The number of rotatable bonds is 3. The molecule has 0 aromatic rings. The molecule has 0 aromatic carbocycles. The van der Waals surface area contributed by atoms with Gasteiger partial charge in [0.05, 0.1) is 6.61 Å². The highest BCUT2D eigenvalue weighted by molar-refractivity contribution is 4.93. The van der Waals surface area contributed by atoms with Gasteiger partial charge in [-0.05, 0) is 50.1 Å². The summed E-state index contributed by atoms with van der Waals surface area (Å²) >= 11 is 0. The summed E-state index contributed by atoms with van der Waals surface area (Å²) in [5.41, 5.74) is 0. The van der Waals surface area contributed by atoms with Gasteiger partial charge in [0.25, 0.3) is 0 Å². The predicted molar refractivity (Wildman–Crippen MR) is 59.8 cm³/mol. The number of fused-ring (bicyclic) bond motifs is 1. The Balaban J connectivity index is 1.41. The Labute approximate surface area is 91.9 Å². The number of hydrogen-bond donors (Lipinski definition) is 2. The van der Waals surface area contributed by atoms with Crippen molar-refractivity contribution in [3.63, 3.8) is 0 Å². The summed E-state index contributed by atoms with van der Waals surface area (Å²) < 4.78 is 5.40. The molecule has 3 rings (SSSR count). The van der Waals surface area contributed by atoms with E-state index in [2.05, 4.69) is 10.6 Å². The van der Waals surface area contributed by atoms with E-state index in [1.54, 1.807) is 0 Å². The molecule has 0 amide bonds. The summed E-state index contributed by atoms with van der Waals surface area (Å²) in [6.07, 6.45) is 4.05. The van der Waals surface area contributed by atoms with E-state index >= 15 is 0 Å². The van der Waals surface area contributed by atoms with Gasteiger partial charge in [0.1, 0.15) is 0 Å². The molecule has 0 bridgehead atoms. The zero-order valence-electron chi connectivity index (χ0n) is 9.37. The quantitative estimate of drug-likeness (QED) is 0.716. The summed E-state index contributed by atoms with van der Waals surface area (Å²) in [5.74, 6) is 2.70. The molecule has 1 saturated carbocycles. The Morgan fingerprint density at radius 2 is 2.00 bits per heavy atom. The Hall–Kier alpha value is -0.120. The summed E-state index contributed by atoms with van der Waals surface area (Å²) in [7, 11) is 0. The Morgan fingerprint density at radius 3 is 2.67 bits per heavy atom. The lowest BCUT2D eigenvalue weighted by Gasteiger charge is -2.16. The fourth-order valence-corrected chi connectivity index (χ4v) is 3.41. The van der Waals surface area contributed by atoms with Crippen molar-refractivity contribution >= 4 is 0 Å². The monoisotopic (exact) mass is 210 g/mol. The van der Waals surface area contributed by atoms with Crippen molar-refractivity contribution in [2.24, 2.45) is 17.8 Å². The molecule has 1 unspecified atom stereocenters. The van der Waals surface area contributed by atoms with Crippen LogP contribution in [0.25, 0.3) is 0 Å². The molecule has 4 atom stereocenters. The fraction of sp³-hybridized carbons (Fsp3) is 1.00. The molecule has 3 heteroatoms. The van der Waals surface area contributed by atoms with Crippen LogP contribution in [0.4, 0.5) is 0 Å². The maximum atomic E-state index is 5.40. The van der Waals surface area contributed by atoms with Crippen LogP contribution in [0.5, 0.6) is 0 Å². The molecule has 2 aliphatic heterocycles. The second kappa shape index (κ2) is 4.40. The van der Waals surface area contributed by atoms with Gasteiger partial charge in [-0.25, -0.2) is 0 Å². The molecule has 2 N–H and O–H groups in total. The summed E-state index contributed by atoms with van der Waals surface area (Å²) in [5, 5.41) is 7.24. The summed E-state index contributed by atoms with van der Waals surface area (Å²) in [6.45, 7) is 5.66. The summed E-state index contributed by atoms with van der Waals surface area (Å²) in [6, 6.07) is 0.794. The van der Waals surface area contributed by atoms with Crippen LogP contribution in [0.2, 0.25) is 0 Å². The first kappa shape index (κ1) is 10.1. The highest BCUT2D eigenvalue weighted by atomic mass is 16.5. The number of nitrogens with one attached hydrogen (secondary N) is 2. The van der Waals surface area contributed by atoms with Crippen molar-refractivity contribution < 1.29 is 4.74 Å². The van der Waals surface area contributed by atoms with Crippen LogP contribution in [-0.2, 0) is 4.74 Å². The van der Waals surface area contributed by atoms with Gasteiger partial charge in [-0.3, -0.25) is 0 Å². The van der Waals surface area contributed by atoms with Crippen LogP contribution in [0, 0.1) is 17.8 Å². The molecule has 0 aromatic heterocycles. The molecule has 3 fully saturated rings. The Kier molecular flexibility index (Phi) is 2.95. The van der Waals surface area contributed by atoms with E-state index in [4.69, 9.17) is 4.74 Å². The van der Waals surface area contributed by atoms with Gasteiger partial charge in [-0.2, -0.15) is 0 Å².